The van der Waals surface area contributed by atoms with Crippen LogP contribution in [0.15, 0.2) is 70.2 Å². The van der Waals surface area contributed by atoms with Gasteiger partial charge >= 0.3 is 0 Å². The summed E-state index contributed by atoms with van der Waals surface area (Å²) in [5.74, 6) is 0.326. The fourth-order valence-corrected chi connectivity index (χ4v) is 4.27. The summed E-state index contributed by atoms with van der Waals surface area (Å²) in [6, 6.07) is 15.9. The highest BCUT2D eigenvalue weighted by Gasteiger charge is 2.19. The van der Waals surface area contributed by atoms with Gasteiger partial charge in [-0.05, 0) is 31.5 Å². The summed E-state index contributed by atoms with van der Waals surface area (Å²) >= 11 is 0. The van der Waals surface area contributed by atoms with Crippen LogP contribution in [0, 0.1) is 6.20 Å². The molecule has 2 heterocycles. The van der Waals surface area contributed by atoms with Gasteiger partial charge in [-0.25, -0.2) is 18.4 Å². The number of hydrogen-bond donors (Lipinski definition) is 1. The lowest BCUT2D eigenvalue weighted by atomic mass is 10.1. The van der Waals surface area contributed by atoms with E-state index in [4.69, 9.17) is 4.52 Å². The summed E-state index contributed by atoms with van der Waals surface area (Å²) in [6.07, 6.45) is 4.37. The number of carbonyl (C=O) groups excluding carboxylic acids is 1. The first-order valence-electron chi connectivity index (χ1n) is 10.6. The number of nitrogens with one attached hydrogen (secondary N) is 1. The van der Waals surface area contributed by atoms with Crippen LogP contribution in [0.3, 0.4) is 0 Å². The molecule has 0 saturated heterocycles. The van der Waals surface area contributed by atoms with Crippen LogP contribution in [-0.2, 0) is 21.2 Å². The molecule has 0 aliphatic heterocycles. The summed E-state index contributed by atoms with van der Waals surface area (Å²) in [4.78, 5) is 20.0. The lowest BCUT2D eigenvalue weighted by Crippen LogP contribution is -2.18. The Morgan fingerprint density at radius 2 is 1.68 bits per heavy atom. The molecule has 0 aliphatic rings. The normalized spacial score (nSPS) is 11.5. The van der Waals surface area contributed by atoms with Crippen LogP contribution in [0.4, 0.5) is 0 Å². The van der Waals surface area contributed by atoms with Gasteiger partial charge in [0.15, 0.2) is 15.6 Å². The third-order valence-electron chi connectivity index (χ3n) is 5.22. The molecule has 0 bridgehead atoms. The van der Waals surface area contributed by atoms with E-state index in [1.807, 2.05) is 24.3 Å². The molecule has 0 fully saturated rings. The summed E-state index contributed by atoms with van der Waals surface area (Å²) in [5, 5.41) is 6.39. The predicted octanol–water partition coefficient (Wildman–Crippen LogP) is 4.08. The summed E-state index contributed by atoms with van der Waals surface area (Å²) in [5.41, 5.74) is 4.12. The number of carbonyl (C=O) groups is 1. The molecule has 0 saturated carbocycles. The molecule has 2 aromatic heterocycles. The SMILES string of the molecule is CC(=O)NCc1ccc(-c2cc(-c3[c]ncc(-c4ccc(S(=O)(=O)C(C)C)cc4)n3)on2)cc1. The zero-order chi connectivity index (χ0) is 24.3. The molecule has 0 spiro atoms. The lowest BCUT2D eigenvalue weighted by Gasteiger charge is -2.08. The van der Waals surface area contributed by atoms with Gasteiger partial charge in [0, 0.05) is 30.7 Å². The van der Waals surface area contributed by atoms with Crippen molar-refractivity contribution in [2.45, 2.75) is 37.5 Å². The number of amides is 1. The Morgan fingerprint density at radius 1 is 1.03 bits per heavy atom. The minimum atomic E-state index is -3.34. The van der Waals surface area contributed by atoms with E-state index in [0.29, 0.717) is 29.4 Å². The molecule has 9 heteroatoms. The maximum atomic E-state index is 12.3. The Hall–Kier alpha value is -3.85. The van der Waals surface area contributed by atoms with Crippen molar-refractivity contribution in [2.75, 3.05) is 0 Å². The highest BCUT2D eigenvalue weighted by atomic mass is 32.2. The van der Waals surface area contributed by atoms with Crippen molar-refractivity contribution in [2.24, 2.45) is 0 Å². The topological polar surface area (TPSA) is 115 Å². The van der Waals surface area contributed by atoms with Crippen LogP contribution < -0.4 is 5.32 Å². The van der Waals surface area contributed by atoms with Gasteiger partial charge in [0.1, 0.15) is 17.6 Å². The van der Waals surface area contributed by atoms with Crippen LogP contribution in [0.25, 0.3) is 34.0 Å². The van der Waals surface area contributed by atoms with Gasteiger partial charge < -0.3 is 9.84 Å². The molecule has 1 N–H and O–H groups in total. The molecule has 34 heavy (non-hydrogen) atoms. The first-order chi connectivity index (χ1) is 16.2. The van der Waals surface area contributed by atoms with Gasteiger partial charge in [0.2, 0.25) is 5.91 Å². The van der Waals surface area contributed by atoms with E-state index in [1.54, 1.807) is 50.4 Å². The standard InChI is InChI=1S/C25H23N4O4S/c1-16(2)34(31,32)21-10-8-20(9-11-21)23-14-26-15-24(28-23)25-12-22(29-33-25)19-6-4-18(5-7-19)13-27-17(3)30/h4-12,14,16H,13H2,1-3H3,(H,27,30). The Balaban J connectivity index is 1.54. The number of nitrogens with zero attached hydrogens (tertiary/aromatic N) is 3. The molecule has 1 radical (unpaired) electrons. The molecular formula is C25H23N4O4S. The molecule has 0 aliphatic carbocycles. The average molecular weight is 476 g/mol. The van der Waals surface area contributed by atoms with Gasteiger partial charge in [-0.1, -0.05) is 41.6 Å². The van der Waals surface area contributed by atoms with Crippen molar-refractivity contribution >= 4 is 15.7 Å². The van der Waals surface area contributed by atoms with Crippen molar-refractivity contribution in [3.8, 4) is 34.0 Å². The molecule has 0 atom stereocenters. The highest BCUT2D eigenvalue weighted by molar-refractivity contribution is 7.92. The third kappa shape index (κ3) is 5.04. The Morgan fingerprint density at radius 3 is 2.32 bits per heavy atom. The molecule has 0 unspecified atom stereocenters. The summed E-state index contributed by atoms with van der Waals surface area (Å²) in [7, 11) is -3.34. The average Bonchev–Trinajstić information content (AvgIpc) is 3.33. The lowest BCUT2D eigenvalue weighted by molar-refractivity contribution is -0.119. The maximum absolute atomic E-state index is 12.3. The van der Waals surface area contributed by atoms with E-state index in [1.165, 1.54) is 6.92 Å². The quantitative estimate of drug-likeness (QED) is 0.428. The molecule has 4 rings (SSSR count). The van der Waals surface area contributed by atoms with E-state index in [9.17, 15) is 13.2 Å². The zero-order valence-electron chi connectivity index (χ0n) is 18.9. The molecule has 8 nitrogen and oxygen atoms in total. The van der Waals surface area contributed by atoms with E-state index >= 15 is 0 Å². The molecule has 173 valence electrons. The van der Waals surface area contributed by atoms with E-state index in [0.717, 1.165) is 16.7 Å². The van der Waals surface area contributed by atoms with Gasteiger partial charge in [0.05, 0.1) is 22.0 Å². The van der Waals surface area contributed by atoms with E-state index in [-0.39, 0.29) is 10.8 Å². The van der Waals surface area contributed by atoms with Gasteiger partial charge in [-0.3, -0.25) is 4.79 Å². The molecular weight excluding hydrogens is 452 g/mol. The van der Waals surface area contributed by atoms with Crippen molar-refractivity contribution in [3.05, 3.63) is 72.6 Å². The monoisotopic (exact) mass is 475 g/mol. The van der Waals surface area contributed by atoms with Gasteiger partial charge in [-0.15, -0.1) is 0 Å². The number of aromatic nitrogens is 3. The summed E-state index contributed by atoms with van der Waals surface area (Å²) < 4.78 is 30.2. The molecule has 4 aromatic rings. The molecule has 2 aromatic carbocycles. The first-order valence-corrected chi connectivity index (χ1v) is 12.2. The second-order valence-electron chi connectivity index (χ2n) is 8.02. The smallest absolute Gasteiger partial charge is 0.217 e. The van der Waals surface area contributed by atoms with Gasteiger partial charge in [-0.2, -0.15) is 0 Å². The number of benzene rings is 2. The Bertz CT molecular complexity index is 1410. The summed E-state index contributed by atoms with van der Waals surface area (Å²) in [6.45, 7) is 5.24. The van der Waals surface area contributed by atoms with Crippen molar-refractivity contribution in [1.29, 1.82) is 0 Å². The largest absolute Gasteiger partial charge is 0.354 e. The van der Waals surface area contributed by atoms with Gasteiger partial charge in [0.25, 0.3) is 0 Å². The fraction of sp³-hybridized carbons (Fsp3) is 0.200. The maximum Gasteiger partial charge on any atom is 0.217 e. The Labute approximate surface area is 198 Å². The third-order valence-corrected chi connectivity index (χ3v) is 7.39. The minimum absolute atomic E-state index is 0.0821. The second kappa shape index (κ2) is 9.56. The zero-order valence-corrected chi connectivity index (χ0v) is 19.8. The fourth-order valence-electron chi connectivity index (χ4n) is 3.21. The number of sulfone groups is 1. The first kappa shape index (κ1) is 23.3. The van der Waals surface area contributed by atoms with E-state index in [2.05, 4.69) is 26.6 Å². The van der Waals surface area contributed by atoms with Crippen molar-refractivity contribution < 1.29 is 17.7 Å². The molecule has 1 amide bonds. The van der Waals surface area contributed by atoms with Crippen LogP contribution >= 0.6 is 0 Å². The second-order valence-corrected chi connectivity index (χ2v) is 10.5. The predicted molar refractivity (Wildman–Crippen MR) is 127 cm³/mol. The van der Waals surface area contributed by atoms with Crippen LogP contribution in [0.1, 0.15) is 26.3 Å². The number of hydrogen-bond acceptors (Lipinski definition) is 7. The van der Waals surface area contributed by atoms with Crippen LogP contribution in [0.5, 0.6) is 0 Å². The van der Waals surface area contributed by atoms with Crippen LogP contribution in [-0.4, -0.2) is 34.7 Å². The van der Waals surface area contributed by atoms with Crippen molar-refractivity contribution in [1.82, 2.24) is 20.4 Å². The Kier molecular flexibility index (Phi) is 6.56. The van der Waals surface area contributed by atoms with E-state index < -0.39 is 15.1 Å². The number of rotatable bonds is 7. The highest BCUT2D eigenvalue weighted by Crippen LogP contribution is 2.27. The van der Waals surface area contributed by atoms with Crippen molar-refractivity contribution in [3.63, 3.8) is 0 Å². The van der Waals surface area contributed by atoms with Crippen LogP contribution in [0.2, 0.25) is 0 Å². The minimum Gasteiger partial charge on any atom is -0.354 e.